The Labute approximate surface area is 168 Å². The minimum absolute atomic E-state index is 0.0188. The number of anilines is 1. The highest BCUT2D eigenvalue weighted by Gasteiger charge is 2.30. The van der Waals surface area contributed by atoms with E-state index in [1.54, 1.807) is 4.90 Å². The molecule has 1 saturated heterocycles. The van der Waals surface area contributed by atoms with E-state index >= 15 is 0 Å². The van der Waals surface area contributed by atoms with E-state index in [2.05, 4.69) is 16.9 Å². The molecule has 0 radical (unpaired) electrons. The molecule has 28 heavy (non-hydrogen) atoms. The van der Waals surface area contributed by atoms with Crippen molar-refractivity contribution in [1.82, 2.24) is 9.97 Å². The molecule has 1 amide bonds. The minimum atomic E-state index is -0.269. The van der Waals surface area contributed by atoms with Gasteiger partial charge in [-0.05, 0) is 49.1 Å². The number of hydrogen-bond acceptors (Lipinski definition) is 4. The van der Waals surface area contributed by atoms with Crippen LogP contribution in [0, 0.1) is 0 Å². The highest BCUT2D eigenvalue weighted by Crippen LogP contribution is 2.25. The van der Waals surface area contributed by atoms with Gasteiger partial charge in [-0.15, -0.1) is 0 Å². The molecule has 1 fully saturated rings. The number of aryl methyl sites for hydroxylation is 1. The predicted octanol–water partition coefficient (Wildman–Crippen LogP) is 5.78. The summed E-state index contributed by atoms with van der Waals surface area (Å²) in [7, 11) is 0. The van der Waals surface area contributed by atoms with E-state index in [0.717, 1.165) is 24.1 Å². The van der Waals surface area contributed by atoms with Gasteiger partial charge in [0.2, 0.25) is 0 Å². The maximum atomic E-state index is 12.0. The van der Waals surface area contributed by atoms with E-state index in [1.165, 1.54) is 44.1 Å². The van der Waals surface area contributed by atoms with Gasteiger partial charge in [0, 0.05) is 23.6 Å². The standard InChI is InChI=1S/C23H31N3O2/c1-3-5-6-7-8-9-10-18-15-24-22(25-16-18)19-11-13-20(14-12-19)26-17-21(4-2)28-23(26)27/h11-16,21H,3-10,17H2,1-2H3/t21-/m1/s1. The predicted molar refractivity (Wildman–Crippen MR) is 112 cm³/mol. The van der Waals surface area contributed by atoms with Gasteiger partial charge in [-0.3, -0.25) is 4.90 Å². The summed E-state index contributed by atoms with van der Waals surface area (Å²) in [6.45, 7) is 4.88. The molecule has 1 aliphatic heterocycles. The smallest absolute Gasteiger partial charge is 0.414 e. The van der Waals surface area contributed by atoms with Crippen molar-refractivity contribution in [1.29, 1.82) is 0 Å². The highest BCUT2D eigenvalue weighted by atomic mass is 16.6. The molecule has 5 heteroatoms. The van der Waals surface area contributed by atoms with Gasteiger partial charge in [-0.25, -0.2) is 14.8 Å². The highest BCUT2D eigenvalue weighted by molar-refractivity contribution is 5.90. The zero-order valence-electron chi connectivity index (χ0n) is 17.1. The van der Waals surface area contributed by atoms with Gasteiger partial charge >= 0.3 is 6.09 Å². The third-order valence-electron chi connectivity index (χ3n) is 5.29. The first-order chi connectivity index (χ1) is 13.7. The number of aromatic nitrogens is 2. The average Bonchev–Trinajstić information content (AvgIpc) is 3.12. The molecule has 2 aromatic rings. The summed E-state index contributed by atoms with van der Waals surface area (Å²) >= 11 is 0. The quantitative estimate of drug-likeness (QED) is 0.489. The van der Waals surface area contributed by atoms with Crippen LogP contribution in [0.2, 0.25) is 0 Å². The van der Waals surface area contributed by atoms with Crippen LogP contribution in [0.5, 0.6) is 0 Å². The number of nitrogens with zero attached hydrogens (tertiary/aromatic N) is 3. The topological polar surface area (TPSA) is 55.3 Å². The van der Waals surface area contributed by atoms with Crippen molar-refractivity contribution in [2.75, 3.05) is 11.4 Å². The Kier molecular flexibility index (Phi) is 7.40. The zero-order valence-corrected chi connectivity index (χ0v) is 17.1. The Morgan fingerprint density at radius 2 is 1.68 bits per heavy atom. The van der Waals surface area contributed by atoms with Gasteiger partial charge in [-0.2, -0.15) is 0 Å². The molecular formula is C23H31N3O2. The summed E-state index contributed by atoms with van der Waals surface area (Å²) in [6, 6.07) is 7.79. The fourth-order valence-corrected chi connectivity index (χ4v) is 3.48. The van der Waals surface area contributed by atoms with Gasteiger partial charge in [0.25, 0.3) is 0 Å². The summed E-state index contributed by atoms with van der Waals surface area (Å²) < 4.78 is 5.33. The number of cyclic esters (lactones) is 1. The molecule has 1 aliphatic rings. The van der Waals surface area contributed by atoms with Crippen molar-refractivity contribution in [3.63, 3.8) is 0 Å². The van der Waals surface area contributed by atoms with E-state index in [0.29, 0.717) is 12.4 Å². The summed E-state index contributed by atoms with van der Waals surface area (Å²) in [4.78, 5) is 22.7. The van der Waals surface area contributed by atoms with Gasteiger partial charge in [-0.1, -0.05) is 46.0 Å². The Morgan fingerprint density at radius 3 is 2.32 bits per heavy atom. The lowest BCUT2D eigenvalue weighted by atomic mass is 10.1. The van der Waals surface area contributed by atoms with Crippen LogP contribution in [-0.2, 0) is 11.2 Å². The van der Waals surface area contributed by atoms with Crippen LogP contribution in [0.3, 0.4) is 0 Å². The van der Waals surface area contributed by atoms with E-state index in [-0.39, 0.29) is 12.2 Å². The molecule has 0 bridgehead atoms. The summed E-state index contributed by atoms with van der Waals surface area (Å²) in [5.74, 6) is 0.716. The fraction of sp³-hybridized carbons (Fsp3) is 0.522. The number of carbonyl (C=O) groups excluding carboxylic acids is 1. The lowest BCUT2D eigenvalue weighted by Gasteiger charge is -2.13. The molecule has 0 saturated carbocycles. The lowest BCUT2D eigenvalue weighted by molar-refractivity contribution is 0.139. The molecule has 0 N–H and O–H groups in total. The van der Waals surface area contributed by atoms with Gasteiger partial charge in [0.05, 0.1) is 6.54 Å². The number of amides is 1. The first-order valence-electron chi connectivity index (χ1n) is 10.6. The first-order valence-corrected chi connectivity index (χ1v) is 10.6. The molecule has 1 atom stereocenters. The van der Waals surface area contributed by atoms with Crippen LogP contribution in [0.1, 0.15) is 64.4 Å². The summed E-state index contributed by atoms with van der Waals surface area (Å²) in [6.07, 6.45) is 13.2. The SMILES string of the molecule is CCCCCCCCc1cnc(-c2ccc(N3C[C@@H](CC)OC3=O)cc2)nc1. The van der Waals surface area contributed by atoms with Crippen molar-refractivity contribution < 1.29 is 9.53 Å². The molecule has 0 spiro atoms. The molecule has 2 heterocycles. The van der Waals surface area contributed by atoms with Gasteiger partial charge in [0.15, 0.2) is 5.82 Å². The third kappa shape index (κ3) is 5.31. The molecule has 150 valence electrons. The summed E-state index contributed by atoms with van der Waals surface area (Å²) in [5, 5.41) is 0. The van der Waals surface area contributed by atoms with Gasteiger partial charge < -0.3 is 4.74 Å². The van der Waals surface area contributed by atoms with Crippen molar-refractivity contribution >= 4 is 11.8 Å². The fourth-order valence-electron chi connectivity index (χ4n) is 3.48. The maximum absolute atomic E-state index is 12.0. The number of benzene rings is 1. The van der Waals surface area contributed by atoms with E-state index < -0.39 is 0 Å². The number of carbonyl (C=O) groups is 1. The van der Waals surface area contributed by atoms with Crippen LogP contribution in [0.25, 0.3) is 11.4 Å². The molecule has 1 aromatic heterocycles. The number of rotatable bonds is 10. The normalized spacial score (nSPS) is 16.4. The van der Waals surface area contributed by atoms with E-state index in [1.807, 2.05) is 43.6 Å². The lowest BCUT2D eigenvalue weighted by Crippen LogP contribution is -2.24. The monoisotopic (exact) mass is 381 g/mol. The zero-order chi connectivity index (χ0) is 19.8. The van der Waals surface area contributed by atoms with Crippen molar-refractivity contribution in [3.8, 4) is 11.4 Å². The van der Waals surface area contributed by atoms with Crippen LogP contribution in [0.15, 0.2) is 36.7 Å². The average molecular weight is 382 g/mol. The Bertz CT molecular complexity index is 743. The largest absolute Gasteiger partial charge is 0.444 e. The first kappa shape index (κ1) is 20.3. The number of unbranched alkanes of at least 4 members (excludes halogenated alkanes) is 5. The molecule has 0 unspecified atom stereocenters. The Balaban J connectivity index is 1.53. The second kappa shape index (κ2) is 10.2. The summed E-state index contributed by atoms with van der Waals surface area (Å²) in [5.41, 5.74) is 3.00. The van der Waals surface area contributed by atoms with E-state index in [9.17, 15) is 4.79 Å². The maximum Gasteiger partial charge on any atom is 0.414 e. The minimum Gasteiger partial charge on any atom is -0.444 e. The van der Waals surface area contributed by atoms with Crippen molar-refractivity contribution in [2.24, 2.45) is 0 Å². The van der Waals surface area contributed by atoms with Gasteiger partial charge in [0.1, 0.15) is 6.10 Å². The third-order valence-corrected chi connectivity index (χ3v) is 5.29. The molecule has 1 aromatic carbocycles. The molecule has 5 nitrogen and oxygen atoms in total. The van der Waals surface area contributed by atoms with E-state index in [4.69, 9.17) is 4.74 Å². The molecular weight excluding hydrogens is 350 g/mol. The van der Waals surface area contributed by atoms with Crippen LogP contribution < -0.4 is 4.90 Å². The molecule has 0 aliphatic carbocycles. The number of hydrogen-bond donors (Lipinski definition) is 0. The van der Waals surface area contributed by atoms with Crippen molar-refractivity contribution in [2.45, 2.75) is 71.3 Å². The second-order valence-corrected chi connectivity index (χ2v) is 7.50. The Hall–Kier alpha value is -2.43. The Morgan fingerprint density at radius 1 is 1.00 bits per heavy atom. The van der Waals surface area contributed by atoms with Crippen LogP contribution in [-0.4, -0.2) is 28.7 Å². The van der Waals surface area contributed by atoms with Crippen LogP contribution >= 0.6 is 0 Å². The van der Waals surface area contributed by atoms with Crippen LogP contribution in [0.4, 0.5) is 10.5 Å². The second-order valence-electron chi connectivity index (χ2n) is 7.50. The molecule has 3 rings (SSSR count). The van der Waals surface area contributed by atoms with Crippen molar-refractivity contribution in [3.05, 3.63) is 42.2 Å². The number of ether oxygens (including phenoxy) is 1.